The van der Waals surface area contributed by atoms with Crippen molar-refractivity contribution in [1.29, 1.82) is 0 Å². The highest BCUT2D eigenvalue weighted by atomic mass is 79.9. The predicted molar refractivity (Wildman–Crippen MR) is 91.1 cm³/mol. The van der Waals surface area contributed by atoms with Crippen molar-refractivity contribution in [3.8, 4) is 0 Å². The zero-order valence-corrected chi connectivity index (χ0v) is 14.6. The molecule has 0 aliphatic heterocycles. The summed E-state index contributed by atoms with van der Waals surface area (Å²) < 4.78 is 13.9. The Kier molecular flexibility index (Phi) is 7.18. The quantitative estimate of drug-likeness (QED) is 0.651. The molecule has 2 rings (SSSR count). The fourth-order valence-electron chi connectivity index (χ4n) is 3.31. The van der Waals surface area contributed by atoms with Crippen LogP contribution in [-0.2, 0) is 6.42 Å². The standard InChI is InChI=1S/C18H27BrFN/c1-2-11-21-16(9-7-14-5-3-4-6-14)12-15-8-10-18(20)17(19)13-15/h8,10,13-14,16,21H,2-7,9,11-12H2,1H3. The second kappa shape index (κ2) is 8.89. The predicted octanol–water partition coefficient (Wildman–Crippen LogP) is 5.47. The summed E-state index contributed by atoms with van der Waals surface area (Å²) in [6, 6.07) is 5.91. The van der Waals surface area contributed by atoms with E-state index in [0.29, 0.717) is 10.5 Å². The van der Waals surface area contributed by atoms with Crippen LogP contribution in [0, 0.1) is 11.7 Å². The van der Waals surface area contributed by atoms with Gasteiger partial charge in [-0.05, 0) is 71.8 Å². The van der Waals surface area contributed by atoms with Crippen LogP contribution in [0.4, 0.5) is 4.39 Å². The fourth-order valence-corrected chi connectivity index (χ4v) is 3.74. The van der Waals surface area contributed by atoms with Crippen LogP contribution < -0.4 is 5.32 Å². The molecule has 1 aromatic rings. The smallest absolute Gasteiger partial charge is 0.137 e. The van der Waals surface area contributed by atoms with Gasteiger partial charge in [-0.15, -0.1) is 0 Å². The van der Waals surface area contributed by atoms with Crippen LogP contribution in [0.15, 0.2) is 22.7 Å². The molecule has 1 unspecified atom stereocenters. The normalized spacial score (nSPS) is 17.3. The molecule has 1 N–H and O–H groups in total. The summed E-state index contributed by atoms with van der Waals surface area (Å²) in [6.07, 6.45) is 10.4. The van der Waals surface area contributed by atoms with Crippen LogP contribution in [0.3, 0.4) is 0 Å². The maximum atomic E-state index is 13.3. The molecule has 1 fully saturated rings. The van der Waals surface area contributed by atoms with Gasteiger partial charge < -0.3 is 5.32 Å². The Labute approximate surface area is 136 Å². The minimum Gasteiger partial charge on any atom is -0.314 e. The minimum atomic E-state index is -0.178. The molecule has 1 aliphatic carbocycles. The Morgan fingerprint density at radius 1 is 1.33 bits per heavy atom. The summed E-state index contributed by atoms with van der Waals surface area (Å²) in [6.45, 7) is 3.27. The molecule has 1 saturated carbocycles. The van der Waals surface area contributed by atoms with E-state index >= 15 is 0 Å². The number of rotatable bonds is 8. The summed E-state index contributed by atoms with van der Waals surface area (Å²) >= 11 is 3.29. The van der Waals surface area contributed by atoms with Gasteiger partial charge in [-0.25, -0.2) is 4.39 Å². The molecule has 118 valence electrons. The van der Waals surface area contributed by atoms with Gasteiger partial charge in [-0.2, -0.15) is 0 Å². The lowest BCUT2D eigenvalue weighted by molar-refractivity contribution is 0.402. The molecular weight excluding hydrogens is 329 g/mol. The van der Waals surface area contributed by atoms with Gasteiger partial charge in [-0.3, -0.25) is 0 Å². The number of hydrogen-bond donors (Lipinski definition) is 1. The first kappa shape index (κ1) is 17.0. The Morgan fingerprint density at radius 2 is 2.10 bits per heavy atom. The lowest BCUT2D eigenvalue weighted by Crippen LogP contribution is -2.32. The summed E-state index contributed by atoms with van der Waals surface area (Å²) in [4.78, 5) is 0. The molecule has 0 amide bonds. The lowest BCUT2D eigenvalue weighted by Gasteiger charge is -2.20. The van der Waals surface area contributed by atoms with E-state index in [4.69, 9.17) is 0 Å². The molecule has 3 heteroatoms. The third-order valence-corrected chi connectivity index (χ3v) is 5.15. The molecule has 21 heavy (non-hydrogen) atoms. The first-order chi connectivity index (χ1) is 10.2. The van der Waals surface area contributed by atoms with Crippen molar-refractivity contribution in [2.45, 2.75) is 64.3 Å². The SMILES string of the molecule is CCCNC(CCC1CCCC1)Cc1ccc(F)c(Br)c1. The van der Waals surface area contributed by atoms with Crippen molar-refractivity contribution < 1.29 is 4.39 Å². The fraction of sp³-hybridized carbons (Fsp3) is 0.667. The zero-order valence-electron chi connectivity index (χ0n) is 13.0. The maximum Gasteiger partial charge on any atom is 0.137 e. The average Bonchev–Trinajstić information content (AvgIpc) is 2.99. The summed E-state index contributed by atoms with van der Waals surface area (Å²) in [5, 5.41) is 3.67. The lowest BCUT2D eigenvalue weighted by atomic mass is 9.95. The van der Waals surface area contributed by atoms with Gasteiger partial charge in [0, 0.05) is 6.04 Å². The average molecular weight is 356 g/mol. The molecule has 0 spiro atoms. The van der Waals surface area contributed by atoms with Gasteiger partial charge >= 0.3 is 0 Å². The monoisotopic (exact) mass is 355 g/mol. The van der Waals surface area contributed by atoms with Crippen molar-refractivity contribution in [3.05, 3.63) is 34.1 Å². The highest BCUT2D eigenvalue weighted by molar-refractivity contribution is 9.10. The van der Waals surface area contributed by atoms with Crippen LogP contribution >= 0.6 is 15.9 Å². The zero-order chi connectivity index (χ0) is 15.1. The van der Waals surface area contributed by atoms with E-state index in [1.807, 2.05) is 12.1 Å². The van der Waals surface area contributed by atoms with Crippen molar-refractivity contribution >= 4 is 15.9 Å². The van der Waals surface area contributed by atoms with Crippen LogP contribution in [0.5, 0.6) is 0 Å². The maximum absolute atomic E-state index is 13.3. The third-order valence-electron chi connectivity index (χ3n) is 4.55. The number of hydrogen-bond acceptors (Lipinski definition) is 1. The van der Waals surface area contributed by atoms with Gasteiger partial charge in [0.1, 0.15) is 5.82 Å². The molecule has 0 aromatic heterocycles. The summed E-state index contributed by atoms with van der Waals surface area (Å²) in [7, 11) is 0. The van der Waals surface area contributed by atoms with Gasteiger partial charge in [-0.1, -0.05) is 38.7 Å². The van der Waals surface area contributed by atoms with E-state index in [0.717, 1.165) is 25.3 Å². The van der Waals surface area contributed by atoms with Gasteiger partial charge in [0.05, 0.1) is 4.47 Å². The first-order valence-electron chi connectivity index (χ1n) is 8.36. The molecule has 1 nitrogen and oxygen atoms in total. The first-order valence-corrected chi connectivity index (χ1v) is 9.15. The molecule has 0 radical (unpaired) electrons. The van der Waals surface area contributed by atoms with Crippen LogP contribution in [0.1, 0.15) is 57.4 Å². The van der Waals surface area contributed by atoms with E-state index in [9.17, 15) is 4.39 Å². The molecule has 1 atom stereocenters. The molecular formula is C18H27BrFN. The molecule has 1 aromatic carbocycles. The Bertz CT molecular complexity index is 429. The highest BCUT2D eigenvalue weighted by Gasteiger charge is 2.17. The van der Waals surface area contributed by atoms with Crippen molar-refractivity contribution in [2.24, 2.45) is 5.92 Å². The molecule has 0 heterocycles. The molecule has 0 bridgehead atoms. The van der Waals surface area contributed by atoms with E-state index in [2.05, 4.69) is 28.2 Å². The minimum absolute atomic E-state index is 0.178. The Hall–Kier alpha value is -0.410. The van der Waals surface area contributed by atoms with Crippen molar-refractivity contribution in [3.63, 3.8) is 0 Å². The topological polar surface area (TPSA) is 12.0 Å². The summed E-state index contributed by atoms with van der Waals surface area (Å²) in [5.41, 5.74) is 1.21. The number of benzene rings is 1. The Morgan fingerprint density at radius 3 is 2.76 bits per heavy atom. The molecule has 1 aliphatic rings. The largest absolute Gasteiger partial charge is 0.314 e. The van der Waals surface area contributed by atoms with Crippen LogP contribution in [-0.4, -0.2) is 12.6 Å². The molecule has 0 saturated heterocycles. The van der Waals surface area contributed by atoms with Gasteiger partial charge in [0.15, 0.2) is 0 Å². The third kappa shape index (κ3) is 5.71. The second-order valence-corrected chi connectivity index (χ2v) is 7.19. The highest BCUT2D eigenvalue weighted by Crippen LogP contribution is 2.29. The van der Waals surface area contributed by atoms with E-state index in [-0.39, 0.29) is 5.82 Å². The number of halogens is 2. The van der Waals surface area contributed by atoms with E-state index < -0.39 is 0 Å². The van der Waals surface area contributed by atoms with Crippen molar-refractivity contribution in [1.82, 2.24) is 5.32 Å². The van der Waals surface area contributed by atoms with E-state index in [1.165, 1.54) is 44.1 Å². The Balaban J connectivity index is 1.89. The second-order valence-electron chi connectivity index (χ2n) is 6.33. The van der Waals surface area contributed by atoms with Gasteiger partial charge in [0.2, 0.25) is 0 Å². The summed E-state index contributed by atoms with van der Waals surface area (Å²) in [5.74, 6) is 0.763. The van der Waals surface area contributed by atoms with E-state index in [1.54, 1.807) is 6.07 Å². The van der Waals surface area contributed by atoms with Crippen LogP contribution in [0.2, 0.25) is 0 Å². The van der Waals surface area contributed by atoms with Gasteiger partial charge in [0.25, 0.3) is 0 Å². The van der Waals surface area contributed by atoms with Crippen LogP contribution in [0.25, 0.3) is 0 Å². The number of nitrogens with one attached hydrogen (secondary N) is 1. The van der Waals surface area contributed by atoms with Crippen molar-refractivity contribution in [2.75, 3.05) is 6.54 Å².